The van der Waals surface area contributed by atoms with Gasteiger partial charge in [0.1, 0.15) is 6.26 Å². The third-order valence-corrected chi connectivity index (χ3v) is 2.72. The van der Waals surface area contributed by atoms with Crippen LogP contribution in [0.15, 0.2) is 41.1 Å². The number of hydrogen-bond donors (Lipinski definition) is 1. The highest BCUT2D eigenvalue weighted by Gasteiger charge is 2.22. The SMILES string of the molecule is CCNC(=O)O[C@H](c1ccccc1)c1conc1C. The fourth-order valence-corrected chi connectivity index (χ4v) is 1.78. The summed E-state index contributed by atoms with van der Waals surface area (Å²) in [4.78, 5) is 11.6. The molecule has 0 aliphatic rings. The van der Waals surface area contributed by atoms with Crippen LogP contribution in [0.3, 0.4) is 0 Å². The van der Waals surface area contributed by atoms with Crippen molar-refractivity contribution in [3.8, 4) is 0 Å². The fourth-order valence-electron chi connectivity index (χ4n) is 1.78. The molecule has 0 radical (unpaired) electrons. The van der Waals surface area contributed by atoms with Gasteiger partial charge in [-0.2, -0.15) is 0 Å². The van der Waals surface area contributed by atoms with Crippen molar-refractivity contribution in [1.82, 2.24) is 10.5 Å². The van der Waals surface area contributed by atoms with E-state index in [9.17, 15) is 4.79 Å². The third kappa shape index (κ3) is 3.13. The van der Waals surface area contributed by atoms with Crippen LogP contribution in [0.1, 0.15) is 29.8 Å². The van der Waals surface area contributed by atoms with Crippen LogP contribution in [-0.2, 0) is 4.74 Å². The van der Waals surface area contributed by atoms with E-state index >= 15 is 0 Å². The van der Waals surface area contributed by atoms with Crippen LogP contribution >= 0.6 is 0 Å². The van der Waals surface area contributed by atoms with Gasteiger partial charge in [-0.05, 0) is 19.4 Å². The van der Waals surface area contributed by atoms with E-state index in [2.05, 4.69) is 10.5 Å². The molecule has 5 heteroatoms. The highest BCUT2D eigenvalue weighted by molar-refractivity contribution is 5.67. The number of hydrogen-bond acceptors (Lipinski definition) is 4. The van der Waals surface area contributed by atoms with Crippen molar-refractivity contribution in [2.75, 3.05) is 6.54 Å². The summed E-state index contributed by atoms with van der Waals surface area (Å²) in [6, 6.07) is 9.50. The number of nitrogens with zero attached hydrogens (tertiary/aromatic N) is 1. The Kier molecular flexibility index (Phi) is 4.18. The molecule has 1 N–H and O–H groups in total. The van der Waals surface area contributed by atoms with Crippen LogP contribution in [0.4, 0.5) is 4.79 Å². The number of rotatable bonds is 4. The summed E-state index contributed by atoms with van der Waals surface area (Å²) < 4.78 is 10.4. The van der Waals surface area contributed by atoms with E-state index < -0.39 is 12.2 Å². The molecule has 100 valence electrons. The molecule has 0 aliphatic heterocycles. The monoisotopic (exact) mass is 260 g/mol. The zero-order valence-electron chi connectivity index (χ0n) is 10.9. The second-order valence-electron chi connectivity index (χ2n) is 4.08. The molecule has 1 aromatic heterocycles. The number of benzene rings is 1. The first-order valence-electron chi connectivity index (χ1n) is 6.12. The van der Waals surface area contributed by atoms with Gasteiger partial charge in [0.05, 0.1) is 11.3 Å². The van der Waals surface area contributed by atoms with Gasteiger partial charge in [-0.25, -0.2) is 4.79 Å². The standard InChI is InChI=1S/C14H16N2O3/c1-3-15-14(17)19-13(11-7-5-4-6-8-11)12-9-18-16-10(12)2/h4-9,13H,3H2,1-2H3,(H,15,17)/t13-/m1/s1. The second-order valence-corrected chi connectivity index (χ2v) is 4.08. The predicted molar refractivity (Wildman–Crippen MR) is 69.7 cm³/mol. The van der Waals surface area contributed by atoms with Gasteiger partial charge in [-0.15, -0.1) is 0 Å². The summed E-state index contributed by atoms with van der Waals surface area (Å²) in [6.07, 6.45) is 0.530. The lowest BCUT2D eigenvalue weighted by molar-refractivity contribution is 0.116. The Balaban J connectivity index is 2.29. The van der Waals surface area contributed by atoms with E-state index in [-0.39, 0.29) is 0 Å². The van der Waals surface area contributed by atoms with Crippen LogP contribution in [0.2, 0.25) is 0 Å². The van der Waals surface area contributed by atoms with Crippen molar-refractivity contribution in [3.05, 3.63) is 53.4 Å². The van der Waals surface area contributed by atoms with Gasteiger partial charge in [0.25, 0.3) is 0 Å². The van der Waals surface area contributed by atoms with Crippen LogP contribution < -0.4 is 5.32 Å². The minimum Gasteiger partial charge on any atom is -0.436 e. The molecule has 2 aromatic rings. The first-order valence-corrected chi connectivity index (χ1v) is 6.12. The molecule has 1 atom stereocenters. The molecule has 0 spiro atoms. The lowest BCUT2D eigenvalue weighted by Gasteiger charge is -2.17. The lowest BCUT2D eigenvalue weighted by Crippen LogP contribution is -2.26. The van der Waals surface area contributed by atoms with Gasteiger partial charge in [0.15, 0.2) is 6.10 Å². The van der Waals surface area contributed by atoms with Crippen LogP contribution in [0.25, 0.3) is 0 Å². The molecule has 5 nitrogen and oxygen atoms in total. The van der Waals surface area contributed by atoms with Crippen molar-refractivity contribution < 1.29 is 14.1 Å². The summed E-state index contributed by atoms with van der Waals surface area (Å²) in [5.41, 5.74) is 2.33. The highest BCUT2D eigenvalue weighted by atomic mass is 16.6. The molecular weight excluding hydrogens is 244 g/mol. The van der Waals surface area contributed by atoms with E-state index in [1.54, 1.807) is 0 Å². The van der Waals surface area contributed by atoms with Crippen molar-refractivity contribution >= 4 is 6.09 Å². The van der Waals surface area contributed by atoms with E-state index in [0.29, 0.717) is 12.2 Å². The Morgan fingerprint density at radius 1 is 1.42 bits per heavy atom. The molecule has 0 fully saturated rings. The van der Waals surface area contributed by atoms with Crippen molar-refractivity contribution in [1.29, 1.82) is 0 Å². The molecular formula is C14H16N2O3. The highest BCUT2D eigenvalue weighted by Crippen LogP contribution is 2.28. The number of carbonyl (C=O) groups is 1. The Morgan fingerprint density at radius 3 is 2.74 bits per heavy atom. The van der Waals surface area contributed by atoms with Crippen molar-refractivity contribution in [2.45, 2.75) is 20.0 Å². The molecule has 0 unspecified atom stereocenters. The molecule has 1 amide bonds. The van der Waals surface area contributed by atoms with Gasteiger partial charge < -0.3 is 14.6 Å². The number of ether oxygens (including phenoxy) is 1. The van der Waals surface area contributed by atoms with Gasteiger partial charge in [0.2, 0.25) is 0 Å². The number of aryl methyl sites for hydroxylation is 1. The number of amides is 1. The summed E-state index contributed by atoms with van der Waals surface area (Å²) in [5.74, 6) is 0. The topological polar surface area (TPSA) is 64.4 Å². The fraction of sp³-hybridized carbons (Fsp3) is 0.286. The Bertz CT molecular complexity index is 537. The Labute approximate surface area is 111 Å². The maximum Gasteiger partial charge on any atom is 0.408 e. The minimum absolute atomic E-state index is 0.461. The van der Waals surface area contributed by atoms with Gasteiger partial charge >= 0.3 is 6.09 Å². The van der Waals surface area contributed by atoms with Crippen LogP contribution in [0.5, 0.6) is 0 Å². The Hall–Kier alpha value is -2.30. The zero-order valence-corrected chi connectivity index (χ0v) is 10.9. The summed E-state index contributed by atoms with van der Waals surface area (Å²) >= 11 is 0. The first-order chi connectivity index (χ1) is 9.22. The van der Waals surface area contributed by atoms with E-state index in [1.807, 2.05) is 44.2 Å². The van der Waals surface area contributed by atoms with Crippen molar-refractivity contribution in [2.24, 2.45) is 0 Å². The third-order valence-electron chi connectivity index (χ3n) is 2.72. The molecule has 0 saturated carbocycles. The number of nitrogens with one attached hydrogen (secondary N) is 1. The second kappa shape index (κ2) is 6.04. The van der Waals surface area contributed by atoms with Crippen molar-refractivity contribution in [3.63, 3.8) is 0 Å². The smallest absolute Gasteiger partial charge is 0.408 e. The first kappa shape index (κ1) is 13.1. The maximum atomic E-state index is 11.6. The largest absolute Gasteiger partial charge is 0.436 e. The predicted octanol–water partition coefficient (Wildman–Crippen LogP) is 2.82. The van der Waals surface area contributed by atoms with E-state index in [4.69, 9.17) is 9.26 Å². The van der Waals surface area contributed by atoms with Gasteiger partial charge in [-0.3, -0.25) is 0 Å². The lowest BCUT2D eigenvalue weighted by atomic mass is 10.0. The Morgan fingerprint density at radius 2 is 2.16 bits per heavy atom. The summed E-state index contributed by atoms with van der Waals surface area (Å²) in [6.45, 7) is 4.17. The molecule has 0 saturated heterocycles. The zero-order chi connectivity index (χ0) is 13.7. The summed E-state index contributed by atoms with van der Waals surface area (Å²) in [5, 5.41) is 6.44. The van der Waals surface area contributed by atoms with E-state index in [1.165, 1.54) is 6.26 Å². The van der Waals surface area contributed by atoms with Gasteiger partial charge in [-0.1, -0.05) is 35.5 Å². The number of aromatic nitrogens is 1. The molecule has 1 heterocycles. The quantitative estimate of drug-likeness (QED) is 0.918. The number of carbonyl (C=O) groups excluding carboxylic acids is 1. The molecule has 2 rings (SSSR count). The van der Waals surface area contributed by atoms with Gasteiger partial charge in [0, 0.05) is 6.54 Å². The van der Waals surface area contributed by atoms with Crippen LogP contribution in [0, 0.1) is 6.92 Å². The molecule has 0 aliphatic carbocycles. The average molecular weight is 260 g/mol. The maximum absolute atomic E-state index is 11.6. The molecule has 19 heavy (non-hydrogen) atoms. The normalized spacial score (nSPS) is 11.9. The summed E-state index contributed by atoms with van der Waals surface area (Å²) in [7, 11) is 0. The minimum atomic E-state index is -0.515. The number of alkyl carbamates (subject to hydrolysis) is 1. The molecule has 0 bridgehead atoms. The van der Waals surface area contributed by atoms with E-state index in [0.717, 1.165) is 11.1 Å². The average Bonchev–Trinajstić information content (AvgIpc) is 2.83. The molecule has 1 aromatic carbocycles. The van der Waals surface area contributed by atoms with Crippen LogP contribution in [-0.4, -0.2) is 17.8 Å².